The van der Waals surface area contributed by atoms with E-state index in [0.717, 1.165) is 10.1 Å². The first kappa shape index (κ1) is 19.8. The Hall–Kier alpha value is -3.49. The van der Waals surface area contributed by atoms with Crippen LogP contribution in [0.4, 0.5) is 11.5 Å². The molecule has 2 aliphatic rings. The summed E-state index contributed by atoms with van der Waals surface area (Å²) < 4.78 is 2.43. The summed E-state index contributed by atoms with van der Waals surface area (Å²) in [5.41, 5.74) is 1.22. The number of nitrogens with one attached hydrogen (secondary N) is 1. The van der Waals surface area contributed by atoms with Gasteiger partial charge in [0.25, 0.3) is 11.2 Å². The predicted octanol–water partition coefficient (Wildman–Crippen LogP) is 2.19. The molecule has 1 aromatic carbocycles. The van der Waals surface area contributed by atoms with Gasteiger partial charge < -0.3 is 5.32 Å². The van der Waals surface area contributed by atoms with Gasteiger partial charge in [-0.25, -0.2) is 4.79 Å². The molecule has 0 fully saturated rings. The summed E-state index contributed by atoms with van der Waals surface area (Å²) in [4.78, 5) is 48.7. The summed E-state index contributed by atoms with van der Waals surface area (Å²) in [5.74, 6) is -0.0904. The average Bonchev–Trinajstić information content (AvgIpc) is 2.68. The number of anilines is 1. The van der Waals surface area contributed by atoms with Crippen molar-refractivity contribution in [2.75, 3.05) is 5.32 Å². The zero-order valence-corrected chi connectivity index (χ0v) is 17.2. The first-order valence-corrected chi connectivity index (χ1v) is 9.59. The van der Waals surface area contributed by atoms with Crippen LogP contribution in [0.1, 0.15) is 43.7 Å². The monoisotopic (exact) mass is 410 g/mol. The molecule has 1 aliphatic carbocycles. The van der Waals surface area contributed by atoms with Crippen molar-refractivity contribution in [2.45, 2.75) is 32.6 Å². The molecule has 1 aromatic heterocycles. The van der Waals surface area contributed by atoms with Crippen LogP contribution < -0.4 is 16.6 Å². The third-order valence-electron chi connectivity index (χ3n) is 6.05. The van der Waals surface area contributed by atoms with Crippen LogP contribution in [-0.2, 0) is 18.9 Å². The van der Waals surface area contributed by atoms with E-state index in [4.69, 9.17) is 0 Å². The van der Waals surface area contributed by atoms with Crippen LogP contribution in [0.3, 0.4) is 0 Å². The summed E-state index contributed by atoms with van der Waals surface area (Å²) >= 11 is 0. The van der Waals surface area contributed by atoms with Crippen LogP contribution in [-0.4, -0.2) is 19.8 Å². The molecule has 156 valence electrons. The smallest absolute Gasteiger partial charge is 0.332 e. The van der Waals surface area contributed by atoms with Gasteiger partial charge in [0.1, 0.15) is 11.6 Å². The van der Waals surface area contributed by atoms with E-state index in [9.17, 15) is 24.5 Å². The fourth-order valence-corrected chi connectivity index (χ4v) is 4.72. The van der Waals surface area contributed by atoms with Crippen LogP contribution >= 0.6 is 0 Å². The molecular formula is C21H22N4O5. The Morgan fingerprint density at radius 3 is 2.33 bits per heavy atom. The molecule has 0 saturated carbocycles. The lowest BCUT2D eigenvalue weighted by Gasteiger charge is -2.43. The van der Waals surface area contributed by atoms with Gasteiger partial charge in [0, 0.05) is 50.7 Å². The van der Waals surface area contributed by atoms with Crippen molar-refractivity contribution < 1.29 is 9.72 Å². The lowest BCUT2D eigenvalue weighted by atomic mass is 9.65. The standard InChI is InChI=1S/C21H22N4O5/c1-21(2)10-13(26)9-14-17(21)15(11-5-7-12(8-6-11)25(29)30)16-18(22-14)23(3)20(28)24(4)19(16)27/h5-8,15,22H,9-10H2,1-4H3. The number of nitrogens with zero attached hydrogens (tertiary/aromatic N) is 3. The van der Waals surface area contributed by atoms with Crippen molar-refractivity contribution in [3.63, 3.8) is 0 Å². The number of allylic oxidation sites excluding steroid dienone is 2. The molecule has 1 N–H and O–H groups in total. The van der Waals surface area contributed by atoms with E-state index >= 15 is 0 Å². The molecule has 0 bridgehead atoms. The zero-order valence-electron chi connectivity index (χ0n) is 17.2. The summed E-state index contributed by atoms with van der Waals surface area (Å²) in [6.45, 7) is 3.91. The topological polar surface area (TPSA) is 116 Å². The first-order valence-electron chi connectivity index (χ1n) is 9.59. The lowest BCUT2D eigenvalue weighted by molar-refractivity contribution is -0.384. The Morgan fingerprint density at radius 1 is 1.10 bits per heavy atom. The number of rotatable bonds is 2. The van der Waals surface area contributed by atoms with E-state index in [2.05, 4.69) is 5.32 Å². The second-order valence-corrected chi connectivity index (χ2v) is 8.54. The van der Waals surface area contributed by atoms with Crippen LogP contribution in [0.25, 0.3) is 0 Å². The molecule has 0 spiro atoms. The van der Waals surface area contributed by atoms with Gasteiger partial charge in [-0.15, -0.1) is 0 Å². The van der Waals surface area contributed by atoms with E-state index in [1.54, 1.807) is 19.2 Å². The fourth-order valence-electron chi connectivity index (χ4n) is 4.72. The minimum atomic E-state index is -0.526. The first-order chi connectivity index (χ1) is 14.0. The maximum atomic E-state index is 13.2. The quantitative estimate of drug-likeness (QED) is 0.599. The van der Waals surface area contributed by atoms with Gasteiger partial charge >= 0.3 is 5.69 Å². The summed E-state index contributed by atoms with van der Waals surface area (Å²) in [7, 11) is 3.00. The normalized spacial score (nSPS) is 19.7. The van der Waals surface area contributed by atoms with Crippen LogP contribution in [0.5, 0.6) is 0 Å². The number of fused-ring (bicyclic) bond motifs is 1. The molecule has 0 amide bonds. The van der Waals surface area contributed by atoms with Crippen molar-refractivity contribution in [1.82, 2.24) is 9.13 Å². The summed E-state index contributed by atoms with van der Waals surface area (Å²) in [5, 5.41) is 14.3. The number of hydrogen-bond donors (Lipinski definition) is 1. The number of Topliss-reactive ketones (excluding diaryl/α,β-unsaturated/α-hetero) is 1. The van der Waals surface area contributed by atoms with Crippen molar-refractivity contribution in [3.05, 3.63) is 77.6 Å². The largest absolute Gasteiger partial charge is 0.344 e. The number of carbonyl (C=O) groups excluding carboxylic acids is 1. The predicted molar refractivity (Wildman–Crippen MR) is 111 cm³/mol. The Balaban J connectivity index is 2.06. The second kappa shape index (κ2) is 6.51. The van der Waals surface area contributed by atoms with Crippen molar-refractivity contribution in [1.29, 1.82) is 0 Å². The van der Waals surface area contributed by atoms with Crippen molar-refractivity contribution in [3.8, 4) is 0 Å². The number of non-ortho nitro benzene ring substituents is 1. The number of hydrogen-bond acceptors (Lipinski definition) is 6. The van der Waals surface area contributed by atoms with E-state index < -0.39 is 27.5 Å². The molecule has 4 rings (SSSR count). The van der Waals surface area contributed by atoms with E-state index in [1.165, 1.54) is 23.7 Å². The molecule has 2 aromatic rings. The SMILES string of the molecule is Cn1c2c(c(=O)n(C)c1=O)C(c1ccc([N+](=O)[O-])cc1)C1=C(CC(=O)CC1(C)C)N2. The number of ketones is 1. The zero-order chi connectivity index (χ0) is 22.0. The molecule has 9 heteroatoms. The minimum Gasteiger partial charge on any atom is -0.344 e. The van der Waals surface area contributed by atoms with Gasteiger partial charge in [0.15, 0.2) is 0 Å². The van der Waals surface area contributed by atoms with E-state index in [1.807, 2.05) is 13.8 Å². The highest BCUT2D eigenvalue weighted by Gasteiger charge is 2.44. The third kappa shape index (κ3) is 2.80. The number of nitro benzene ring substituents is 1. The van der Waals surface area contributed by atoms with Crippen LogP contribution in [0, 0.1) is 15.5 Å². The number of carbonyl (C=O) groups is 1. The number of benzene rings is 1. The van der Waals surface area contributed by atoms with Gasteiger partial charge in [-0.3, -0.25) is 28.8 Å². The highest BCUT2D eigenvalue weighted by molar-refractivity contribution is 5.86. The molecule has 0 radical (unpaired) electrons. The molecule has 30 heavy (non-hydrogen) atoms. The van der Waals surface area contributed by atoms with Crippen molar-refractivity contribution in [2.24, 2.45) is 19.5 Å². The Kier molecular flexibility index (Phi) is 4.30. The van der Waals surface area contributed by atoms with E-state index in [0.29, 0.717) is 29.1 Å². The molecule has 1 atom stereocenters. The van der Waals surface area contributed by atoms with Crippen molar-refractivity contribution >= 4 is 17.3 Å². The maximum absolute atomic E-state index is 13.2. The highest BCUT2D eigenvalue weighted by Crippen LogP contribution is 2.51. The Bertz CT molecular complexity index is 1250. The maximum Gasteiger partial charge on any atom is 0.332 e. The lowest BCUT2D eigenvalue weighted by Crippen LogP contribution is -2.45. The molecule has 2 heterocycles. The van der Waals surface area contributed by atoms with Gasteiger partial charge in [-0.05, 0) is 16.6 Å². The molecule has 1 unspecified atom stereocenters. The van der Waals surface area contributed by atoms with Crippen LogP contribution in [0.2, 0.25) is 0 Å². The second-order valence-electron chi connectivity index (χ2n) is 8.54. The van der Waals surface area contributed by atoms with Gasteiger partial charge in [-0.2, -0.15) is 0 Å². The van der Waals surface area contributed by atoms with Gasteiger partial charge in [-0.1, -0.05) is 26.0 Å². The Labute approximate surface area is 171 Å². The summed E-state index contributed by atoms with van der Waals surface area (Å²) in [6, 6.07) is 6.09. The number of aromatic nitrogens is 2. The fraction of sp³-hybridized carbons (Fsp3) is 0.381. The van der Waals surface area contributed by atoms with Gasteiger partial charge in [0.05, 0.1) is 10.5 Å². The summed E-state index contributed by atoms with van der Waals surface area (Å²) in [6.07, 6.45) is 0.517. The van der Waals surface area contributed by atoms with Crippen LogP contribution in [0.15, 0.2) is 45.1 Å². The average molecular weight is 410 g/mol. The minimum absolute atomic E-state index is 0.0476. The highest BCUT2D eigenvalue weighted by atomic mass is 16.6. The third-order valence-corrected chi connectivity index (χ3v) is 6.05. The molecule has 0 saturated heterocycles. The van der Waals surface area contributed by atoms with Gasteiger partial charge in [0.2, 0.25) is 0 Å². The molecular weight excluding hydrogens is 388 g/mol. The Morgan fingerprint density at radius 2 is 1.73 bits per heavy atom. The molecule has 9 nitrogen and oxygen atoms in total. The number of nitro groups is 1. The van der Waals surface area contributed by atoms with E-state index in [-0.39, 0.29) is 17.9 Å². The molecule has 1 aliphatic heterocycles.